The van der Waals surface area contributed by atoms with Gasteiger partial charge in [-0.05, 0) is 29.3 Å². The van der Waals surface area contributed by atoms with Gasteiger partial charge >= 0.3 is 0 Å². The van der Waals surface area contributed by atoms with Gasteiger partial charge in [0.2, 0.25) is 5.88 Å². The number of nitrogens with zero attached hydrogens (tertiary/aromatic N) is 2. The van der Waals surface area contributed by atoms with E-state index < -0.39 is 6.10 Å². The Morgan fingerprint density at radius 1 is 1.14 bits per heavy atom. The molecule has 1 unspecified atom stereocenters. The average Bonchev–Trinajstić information content (AvgIpc) is 2.79. The minimum Gasteiger partial charge on any atom is -0.481 e. The van der Waals surface area contributed by atoms with Crippen LogP contribution < -0.4 is 4.74 Å². The molecule has 0 bridgehead atoms. The molecule has 1 aromatic heterocycles. The Bertz CT molecular complexity index is 793. The van der Waals surface area contributed by atoms with Crippen molar-refractivity contribution in [2.75, 3.05) is 7.11 Å². The van der Waals surface area contributed by atoms with Gasteiger partial charge in [0.05, 0.1) is 18.4 Å². The first-order chi connectivity index (χ1) is 10.1. The number of benzene rings is 2. The number of methoxy groups -OCH3 is 1. The van der Waals surface area contributed by atoms with Crippen molar-refractivity contribution in [1.82, 2.24) is 9.78 Å². The number of aliphatic hydroxyl groups excluding tert-OH is 1. The number of aliphatic hydroxyl groups is 1. The minimum atomic E-state index is -0.752. The lowest BCUT2D eigenvalue weighted by atomic mass is 9.99. The molecule has 0 radical (unpaired) electrons. The Labute approximate surface area is 123 Å². The van der Waals surface area contributed by atoms with Crippen LogP contribution in [0.3, 0.4) is 0 Å². The van der Waals surface area contributed by atoms with Gasteiger partial charge in [0, 0.05) is 7.05 Å². The average molecular weight is 282 g/mol. The topological polar surface area (TPSA) is 47.3 Å². The maximum absolute atomic E-state index is 10.7. The van der Waals surface area contributed by atoms with E-state index in [1.54, 1.807) is 11.8 Å². The quantitative estimate of drug-likeness (QED) is 0.803. The zero-order valence-electron chi connectivity index (χ0n) is 12.4. The number of fused-ring (bicyclic) bond motifs is 1. The summed E-state index contributed by atoms with van der Waals surface area (Å²) >= 11 is 0. The Morgan fingerprint density at radius 2 is 1.86 bits per heavy atom. The predicted molar refractivity (Wildman–Crippen MR) is 82.5 cm³/mol. The second-order valence-electron chi connectivity index (χ2n) is 5.14. The molecular weight excluding hydrogens is 264 g/mol. The smallest absolute Gasteiger partial charge is 0.217 e. The van der Waals surface area contributed by atoms with Crippen LogP contribution in [0.25, 0.3) is 10.8 Å². The normalized spacial score (nSPS) is 12.6. The molecule has 0 fully saturated rings. The third-order valence-electron chi connectivity index (χ3n) is 3.77. The van der Waals surface area contributed by atoms with E-state index in [9.17, 15) is 5.11 Å². The Hall–Kier alpha value is -2.33. The highest BCUT2D eigenvalue weighted by Gasteiger charge is 2.23. The molecule has 0 saturated heterocycles. The molecule has 0 aliphatic rings. The van der Waals surface area contributed by atoms with E-state index in [0.29, 0.717) is 5.88 Å². The number of hydrogen-bond donors (Lipinski definition) is 1. The van der Waals surface area contributed by atoms with Crippen molar-refractivity contribution in [2.45, 2.75) is 13.0 Å². The molecule has 0 saturated carbocycles. The molecule has 0 aliphatic carbocycles. The molecule has 0 spiro atoms. The van der Waals surface area contributed by atoms with E-state index in [-0.39, 0.29) is 0 Å². The van der Waals surface area contributed by atoms with E-state index in [1.165, 1.54) is 0 Å². The van der Waals surface area contributed by atoms with Gasteiger partial charge in [0.25, 0.3) is 0 Å². The first kappa shape index (κ1) is 13.6. The highest BCUT2D eigenvalue weighted by atomic mass is 16.5. The van der Waals surface area contributed by atoms with Gasteiger partial charge < -0.3 is 9.84 Å². The highest BCUT2D eigenvalue weighted by Crippen LogP contribution is 2.33. The summed E-state index contributed by atoms with van der Waals surface area (Å²) in [5, 5.41) is 17.3. The highest BCUT2D eigenvalue weighted by molar-refractivity contribution is 5.83. The van der Waals surface area contributed by atoms with Crippen molar-refractivity contribution in [3.8, 4) is 5.88 Å². The van der Waals surface area contributed by atoms with E-state index in [2.05, 4.69) is 11.2 Å². The fraction of sp³-hybridized carbons (Fsp3) is 0.235. The molecule has 2 aromatic carbocycles. The van der Waals surface area contributed by atoms with Crippen LogP contribution in [0.1, 0.15) is 22.9 Å². The van der Waals surface area contributed by atoms with Crippen molar-refractivity contribution < 1.29 is 9.84 Å². The molecule has 0 aliphatic heterocycles. The number of rotatable bonds is 3. The molecule has 3 rings (SSSR count). The molecule has 108 valence electrons. The van der Waals surface area contributed by atoms with Gasteiger partial charge in [0.15, 0.2) is 0 Å². The van der Waals surface area contributed by atoms with Gasteiger partial charge in [0.1, 0.15) is 6.10 Å². The molecule has 0 amide bonds. The lowest BCUT2D eigenvalue weighted by molar-refractivity contribution is 0.213. The number of aromatic nitrogens is 2. The summed E-state index contributed by atoms with van der Waals surface area (Å²) < 4.78 is 7.02. The number of aryl methyl sites for hydroxylation is 2. The lowest BCUT2D eigenvalue weighted by Crippen LogP contribution is -2.03. The summed E-state index contributed by atoms with van der Waals surface area (Å²) in [5.74, 6) is 0.591. The first-order valence-corrected chi connectivity index (χ1v) is 6.86. The molecular formula is C17H18N2O2. The van der Waals surface area contributed by atoms with Crippen molar-refractivity contribution in [3.63, 3.8) is 0 Å². The summed E-state index contributed by atoms with van der Waals surface area (Å²) in [6, 6.07) is 14.1. The van der Waals surface area contributed by atoms with Gasteiger partial charge in [-0.3, -0.25) is 0 Å². The van der Waals surface area contributed by atoms with E-state index >= 15 is 0 Å². The van der Waals surface area contributed by atoms with E-state index in [0.717, 1.165) is 27.6 Å². The standard InChI is InChI=1S/C17H18N2O2/c1-11-15(17(21-3)19(2)18-11)16(20)14-9-8-12-6-4-5-7-13(12)10-14/h4-10,16,20H,1-3H3. The second-order valence-corrected chi connectivity index (χ2v) is 5.14. The molecule has 4 heteroatoms. The van der Waals surface area contributed by atoms with Gasteiger partial charge in [-0.15, -0.1) is 0 Å². The van der Waals surface area contributed by atoms with Crippen LogP contribution in [0.15, 0.2) is 42.5 Å². The van der Waals surface area contributed by atoms with E-state index in [1.807, 2.05) is 50.4 Å². The van der Waals surface area contributed by atoms with Crippen molar-refractivity contribution in [3.05, 3.63) is 59.3 Å². The van der Waals surface area contributed by atoms with Gasteiger partial charge in [-0.25, -0.2) is 4.68 Å². The third-order valence-corrected chi connectivity index (χ3v) is 3.77. The van der Waals surface area contributed by atoms with Crippen LogP contribution in [0.2, 0.25) is 0 Å². The monoisotopic (exact) mass is 282 g/mol. The third kappa shape index (κ3) is 2.28. The number of hydrogen-bond acceptors (Lipinski definition) is 3. The Kier molecular flexibility index (Phi) is 3.39. The molecule has 3 aromatic rings. The summed E-state index contributed by atoms with van der Waals surface area (Å²) in [5.41, 5.74) is 2.33. The van der Waals surface area contributed by atoms with Crippen molar-refractivity contribution in [2.24, 2.45) is 7.05 Å². The Balaban J connectivity index is 2.10. The zero-order valence-corrected chi connectivity index (χ0v) is 12.4. The predicted octanol–water partition coefficient (Wildman–Crippen LogP) is 2.97. The van der Waals surface area contributed by atoms with Crippen molar-refractivity contribution >= 4 is 10.8 Å². The van der Waals surface area contributed by atoms with Gasteiger partial charge in [-0.1, -0.05) is 36.4 Å². The van der Waals surface area contributed by atoms with Crippen LogP contribution in [-0.2, 0) is 7.05 Å². The maximum Gasteiger partial charge on any atom is 0.217 e. The summed E-state index contributed by atoms with van der Waals surface area (Å²) in [4.78, 5) is 0. The van der Waals surface area contributed by atoms with Crippen LogP contribution in [0.5, 0.6) is 5.88 Å². The molecule has 1 N–H and O–H groups in total. The molecule has 1 atom stereocenters. The number of ether oxygens (including phenoxy) is 1. The van der Waals surface area contributed by atoms with Crippen LogP contribution in [0, 0.1) is 6.92 Å². The minimum absolute atomic E-state index is 0.591. The summed E-state index contributed by atoms with van der Waals surface area (Å²) in [6.45, 7) is 1.88. The van der Waals surface area contributed by atoms with Gasteiger partial charge in [-0.2, -0.15) is 5.10 Å². The summed E-state index contributed by atoms with van der Waals surface area (Å²) in [7, 11) is 3.40. The van der Waals surface area contributed by atoms with Crippen molar-refractivity contribution in [1.29, 1.82) is 0 Å². The van der Waals surface area contributed by atoms with E-state index in [4.69, 9.17) is 4.74 Å². The largest absolute Gasteiger partial charge is 0.481 e. The second kappa shape index (κ2) is 5.22. The molecule has 4 nitrogen and oxygen atoms in total. The fourth-order valence-corrected chi connectivity index (χ4v) is 2.75. The van der Waals surface area contributed by atoms with Crippen LogP contribution in [0.4, 0.5) is 0 Å². The first-order valence-electron chi connectivity index (χ1n) is 6.86. The molecule has 1 heterocycles. The van der Waals surface area contributed by atoms with Crippen LogP contribution >= 0.6 is 0 Å². The Morgan fingerprint density at radius 3 is 2.57 bits per heavy atom. The van der Waals surface area contributed by atoms with Crippen LogP contribution in [-0.4, -0.2) is 22.0 Å². The zero-order chi connectivity index (χ0) is 15.0. The summed E-state index contributed by atoms with van der Waals surface area (Å²) in [6.07, 6.45) is -0.752. The SMILES string of the molecule is COc1c(C(O)c2ccc3ccccc3c2)c(C)nn1C. The fourth-order valence-electron chi connectivity index (χ4n) is 2.75. The molecule has 21 heavy (non-hydrogen) atoms. The maximum atomic E-state index is 10.7. The lowest BCUT2D eigenvalue weighted by Gasteiger charge is -2.13.